The van der Waals surface area contributed by atoms with E-state index in [2.05, 4.69) is 0 Å². The summed E-state index contributed by atoms with van der Waals surface area (Å²) < 4.78 is 0. The number of carbonyl (C=O) groups excluding carboxylic acids is 2. The fraction of sp³-hybridized carbons (Fsp3) is 0.529. The molecule has 1 atom stereocenters. The summed E-state index contributed by atoms with van der Waals surface area (Å²) in [5.74, 6) is 0.244. The first kappa shape index (κ1) is 16.9. The van der Waals surface area contributed by atoms with E-state index < -0.39 is 0 Å². The molecule has 1 aromatic rings. The maximum Gasteiger partial charge on any atom is 0.253 e. The van der Waals surface area contributed by atoms with E-state index in [1.54, 1.807) is 11.8 Å². The van der Waals surface area contributed by atoms with Crippen molar-refractivity contribution in [2.75, 3.05) is 32.4 Å². The first-order valence-electron chi connectivity index (χ1n) is 7.70. The molecule has 2 amide bonds. The fourth-order valence-electron chi connectivity index (χ4n) is 2.66. The molecule has 120 valence electrons. The Labute approximate surface area is 136 Å². The van der Waals surface area contributed by atoms with Crippen molar-refractivity contribution >= 4 is 23.6 Å². The molecular weight excluding hydrogens is 296 g/mol. The van der Waals surface area contributed by atoms with Gasteiger partial charge in [0.1, 0.15) is 0 Å². The molecule has 1 fully saturated rings. The largest absolute Gasteiger partial charge is 0.340 e. The van der Waals surface area contributed by atoms with Crippen molar-refractivity contribution in [1.29, 1.82) is 0 Å². The van der Waals surface area contributed by atoms with Crippen molar-refractivity contribution in [1.82, 2.24) is 9.80 Å². The van der Waals surface area contributed by atoms with E-state index in [0.717, 1.165) is 24.1 Å². The van der Waals surface area contributed by atoms with Crippen molar-refractivity contribution < 1.29 is 9.59 Å². The predicted molar refractivity (Wildman–Crippen MR) is 91.3 cm³/mol. The summed E-state index contributed by atoms with van der Waals surface area (Å²) in [6.45, 7) is 6.61. The highest BCUT2D eigenvalue weighted by molar-refractivity contribution is 7.99. The Bertz CT molecular complexity index is 547. The third-order valence-corrected chi connectivity index (χ3v) is 4.97. The average molecular weight is 320 g/mol. The molecule has 0 spiro atoms. The zero-order chi connectivity index (χ0) is 16.1. The molecule has 0 aliphatic carbocycles. The molecule has 1 heterocycles. The van der Waals surface area contributed by atoms with Gasteiger partial charge >= 0.3 is 0 Å². The van der Waals surface area contributed by atoms with Crippen LogP contribution in [0, 0.1) is 6.92 Å². The zero-order valence-electron chi connectivity index (χ0n) is 13.5. The second-order valence-electron chi connectivity index (χ2n) is 5.72. The minimum absolute atomic E-state index is 0.0148. The highest BCUT2D eigenvalue weighted by Gasteiger charge is 2.25. The number of rotatable bonds is 3. The molecule has 5 heteroatoms. The topological polar surface area (TPSA) is 40.6 Å². The molecule has 2 rings (SSSR count). The lowest BCUT2D eigenvalue weighted by molar-refractivity contribution is -0.130. The van der Waals surface area contributed by atoms with Crippen LogP contribution in [0.1, 0.15) is 29.3 Å². The van der Waals surface area contributed by atoms with Gasteiger partial charge in [-0.3, -0.25) is 9.59 Å². The fourth-order valence-corrected chi connectivity index (χ4v) is 3.01. The van der Waals surface area contributed by atoms with Crippen molar-refractivity contribution in [2.24, 2.45) is 0 Å². The molecule has 0 radical (unpaired) electrons. The number of thioether (sulfide) groups is 1. The van der Waals surface area contributed by atoms with Gasteiger partial charge in [-0.25, -0.2) is 0 Å². The Morgan fingerprint density at radius 2 is 1.82 bits per heavy atom. The van der Waals surface area contributed by atoms with Crippen molar-refractivity contribution in [3.63, 3.8) is 0 Å². The molecule has 1 unspecified atom stereocenters. The number of hydrogen-bond acceptors (Lipinski definition) is 3. The average Bonchev–Trinajstić information content (AvgIpc) is 2.78. The monoisotopic (exact) mass is 320 g/mol. The summed E-state index contributed by atoms with van der Waals surface area (Å²) in [6, 6.07) is 7.69. The summed E-state index contributed by atoms with van der Waals surface area (Å²) in [4.78, 5) is 28.6. The summed E-state index contributed by atoms with van der Waals surface area (Å²) in [5.41, 5.74) is 1.82. The molecule has 0 N–H and O–H groups in total. The molecule has 1 aliphatic heterocycles. The van der Waals surface area contributed by atoms with Gasteiger partial charge in [0.25, 0.3) is 5.91 Å². The molecule has 0 bridgehead atoms. The van der Waals surface area contributed by atoms with Gasteiger partial charge in [0, 0.05) is 31.7 Å². The van der Waals surface area contributed by atoms with Crippen LogP contribution in [0.4, 0.5) is 0 Å². The molecular formula is C17H24N2O2S. The van der Waals surface area contributed by atoms with Gasteiger partial charge < -0.3 is 9.80 Å². The van der Waals surface area contributed by atoms with Gasteiger partial charge in [0.05, 0.1) is 5.25 Å². The Kier molecular flexibility index (Phi) is 5.89. The number of benzene rings is 1. The maximum atomic E-state index is 12.6. The zero-order valence-corrected chi connectivity index (χ0v) is 14.4. The Balaban J connectivity index is 2.01. The second-order valence-corrected chi connectivity index (χ2v) is 6.90. The lowest BCUT2D eigenvalue weighted by Gasteiger charge is -2.24. The van der Waals surface area contributed by atoms with Gasteiger partial charge in [-0.15, -0.1) is 0 Å². The van der Waals surface area contributed by atoms with Crippen LogP contribution in [0.3, 0.4) is 0 Å². The van der Waals surface area contributed by atoms with Crippen molar-refractivity contribution in [3.05, 3.63) is 35.4 Å². The molecule has 1 aliphatic rings. The van der Waals surface area contributed by atoms with Gasteiger partial charge in [-0.1, -0.05) is 17.7 Å². The number of carbonyl (C=O) groups is 2. The third-order valence-electron chi connectivity index (χ3n) is 4.06. The van der Waals surface area contributed by atoms with E-state index in [1.807, 2.05) is 54.2 Å². The third kappa shape index (κ3) is 4.03. The van der Waals surface area contributed by atoms with E-state index >= 15 is 0 Å². The van der Waals surface area contributed by atoms with Crippen LogP contribution >= 0.6 is 11.8 Å². The van der Waals surface area contributed by atoms with E-state index in [-0.39, 0.29) is 17.1 Å². The molecule has 1 saturated heterocycles. The lowest BCUT2D eigenvalue weighted by atomic mass is 10.1. The first-order valence-corrected chi connectivity index (χ1v) is 8.99. The minimum Gasteiger partial charge on any atom is -0.340 e. The van der Waals surface area contributed by atoms with E-state index in [0.29, 0.717) is 19.6 Å². The van der Waals surface area contributed by atoms with E-state index in [4.69, 9.17) is 0 Å². The summed E-state index contributed by atoms with van der Waals surface area (Å²) in [6.07, 6.45) is 2.79. The lowest BCUT2D eigenvalue weighted by Crippen LogP contribution is -2.40. The van der Waals surface area contributed by atoms with E-state index in [1.165, 1.54) is 0 Å². The van der Waals surface area contributed by atoms with Crippen LogP contribution in [0.15, 0.2) is 24.3 Å². The summed E-state index contributed by atoms with van der Waals surface area (Å²) >= 11 is 1.57. The van der Waals surface area contributed by atoms with Crippen LogP contribution in [0.5, 0.6) is 0 Å². The normalized spacial score (nSPS) is 17.0. The summed E-state index contributed by atoms with van der Waals surface area (Å²) in [5, 5.41) is -0.0148. The van der Waals surface area contributed by atoms with Gasteiger partial charge in [0.2, 0.25) is 5.91 Å². The van der Waals surface area contributed by atoms with Crippen LogP contribution in [0.2, 0.25) is 0 Å². The molecule has 0 aromatic heterocycles. The van der Waals surface area contributed by atoms with Crippen LogP contribution in [-0.4, -0.2) is 59.3 Å². The highest BCUT2D eigenvalue weighted by Crippen LogP contribution is 2.14. The maximum absolute atomic E-state index is 12.6. The van der Waals surface area contributed by atoms with Gasteiger partial charge in [0.15, 0.2) is 0 Å². The molecule has 0 saturated carbocycles. The number of nitrogens with zero attached hydrogens (tertiary/aromatic N) is 2. The smallest absolute Gasteiger partial charge is 0.253 e. The minimum atomic E-state index is -0.0148. The Hall–Kier alpha value is -1.49. The number of hydrogen-bond donors (Lipinski definition) is 0. The predicted octanol–water partition coefficient (Wildman–Crippen LogP) is 2.42. The molecule has 22 heavy (non-hydrogen) atoms. The summed E-state index contributed by atoms with van der Waals surface area (Å²) in [7, 11) is 0. The Morgan fingerprint density at radius 1 is 1.14 bits per heavy atom. The quantitative estimate of drug-likeness (QED) is 0.859. The van der Waals surface area contributed by atoms with Gasteiger partial charge in [-0.2, -0.15) is 11.8 Å². The SMILES string of the molecule is CSC(C)C(=O)N1CCCN(C(=O)c2cccc(C)c2)CC1. The molecule has 4 nitrogen and oxygen atoms in total. The van der Waals surface area contributed by atoms with Crippen LogP contribution in [0.25, 0.3) is 0 Å². The van der Waals surface area contributed by atoms with E-state index in [9.17, 15) is 9.59 Å². The number of aryl methyl sites for hydroxylation is 1. The highest BCUT2D eigenvalue weighted by atomic mass is 32.2. The van der Waals surface area contributed by atoms with Crippen molar-refractivity contribution in [2.45, 2.75) is 25.5 Å². The number of amides is 2. The van der Waals surface area contributed by atoms with Crippen molar-refractivity contribution in [3.8, 4) is 0 Å². The van der Waals surface area contributed by atoms with Crippen LogP contribution < -0.4 is 0 Å². The molecule has 1 aromatic carbocycles. The first-order chi connectivity index (χ1) is 10.5. The van der Waals surface area contributed by atoms with Gasteiger partial charge in [-0.05, 0) is 38.7 Å². The standard InChI is InChI=1S/C17H24N2O2S/c1-13-6-4-7-15(12-13)17(21)19-9-5-8-18(10-11-19)16(20)14(2)22-3/h4,6-7,12,14H,5,8-11H2,1-3H3. The Morgan fingerprint density at radius 3 is 2.50 bits per heavy atom. The van der Waals surface area contributed by atoms with Crippen LogP contribution in [-0.2, 0) is 4.79 Å². The second kappa shape index (κ2) is 7.68.